The second-order valence-corrected chi connectivity index (χ2v) is 11.1. The summed E-state index contributed by atoms with van der Waals surface area (Å²) in [6, 6.07) is 8.81. The molecule has 0 aliphatic carbocycles. The predicted molar refractivity (Wildman–Crippen MR) is 136 cm³/mol. The standard InChI is InChI=1S/C25H36N4O5S/c1-6-35(31,32)27-21-9-10-23-22(12-21)25(30)28(4)16-24(33-5)18(2)14-29(19(3)17-34-23)15-20-8-7-11-26-13-20/h7-13,18-19,24,27H,6,14-17H2,1-5H3/t18-,19-,24-/m1/s1. The van der Waals surface area contributed by atoms with E-state index in [-0.39, 0.29) is 29.7 Å². The molecule has 0 bridgehead atoms. The number of likely N-dealkylation sites (N-methyl/N-ethyl adjacent to an activating group) is 1. The molecule has 9 nitrogen and oxygen atoms in total. The molecule has 2 aromatic rings. The normalized spacial score (nSPS) is 22.5. The van der Waals surface area contributed by atoms with Crippen LogP contribution in [0.15, 0.2) is 42.7 Å². The van der Waals surface area contributed by atoms with Crippen LogP contribution in [0.3, 0.4) is 0 Å². The van der Waals surface area contributed by atoms with E-state index in [2.05, 4.69) is 34.5 Å². The van der Waals surface area contributed by atoms with Gasteiger partial charge in [0.15, 0.2) is 0 Å². The van der Waals surface area contributed by atoms with Gasteiger partial charge in [-0.2, -0.15) is 0 Å². The van der Waals surface area contributed by atoms with Crippen molar-refractivity contribution in [2.24, 2.45) is 5.92 Å². The zero-order chi connectivity index (χ0) is 25.6. The minimum Gasteiger partial charge on any atom is -0.491 e. The van der Waals surface area contributed by atoms with Gasteiger partial charge in [-0.3, -0.25) is 19.4 Å². The first-order valence-corrected chi connectivity index (χ1v) is 13.5. The van der Waals surface area contributed by atoms with Crippen LogP contribution in [0.4, 0.5) is 5.69 Å². The lowest BCUT2D eigenvalue weighted by molar-refractivity contribution is 0.00920. The van der Waals surface area contributed by atoms with Crippen molar-refractivity contribution in [2.75, 3.05) is 44.3 Å². The summed E-state index contributed by atoms with van der Waals surface area (Å²) < 4.78 is 38.6. The Hall–Kier alpha value is -2.69. The van der Waals surface area contributed by atoms with Gasteiger partial charge in [0.1, 0.15) is 12.4 Å². The fraction of sp³-hybridized carbons (Fsp3) is 0.520. The average Bonchev–Trinajstić information content (AvgIpc) is 2.85. The number of ether oxygens (including phenoxy) is 2. The van der Waals surface area contributed by atoms with Crippen LogP contribution in [0.1, 0.15) is 36.7 Å². The Bertz CT molecular complexity index is 1100. The highest BCUT2D eigenvalue weighted by Gasteiger charge is 2.28. The second-order valence-electron chi connectivity index (χ2n) is 9.10. The number of fused-ring (bicyclic) bond motifs is 1. The molecule has 1 aliphatic heterocycles. The van der Waals surface area contributed by atoms with E-state index in [0.717, 1.165) is 12.1 Å². The van der Waals surface area contributed by atoms with Gasteiger partial charge in [-0.1, -0.05) is 13.0 Å². The lowest BCUT2D eigenvalue weighted by atomic mass is 10.0. The Kier molecular flexibility index (Phi) is 9.09. The molecule has 192 valence electrons. The summed E-state index contributed by atoms with van der Waals surface area (Å²) in [5, 5.41) is 0. The van der Waals surface area contributed by atoms with Crippen LogP contribution in [-0.4, -0.2) is 80.9 Å². The molecule has 1 aromatic carbocycles. The average molecular weight is 505 g/mol. The molecule has 1 amide bonds. The first-order valence-electron chi connectivity index (χ1n) is 11.8. The molecular formula is C25H36N4O5S. The number of carbonyl (C=O) groups is 1. The maximum absolute atomic E-state index is 13.4. The van der Waals surface area contributed by atoms with Crippen molar-refractivity contribution in [1.82, 2.24) is 14.8 Å². The maximum atomic E-state index is 13.4. The zero-order valence-electron chi connectivity index (χ0n) is 21.1. The lowest BCUT2D eigenvalue weighted by Gasteiger charge is -2.36. The molecule has 35 heavy (non-hydrogen) atoms. The SMILES string of the molecule is CCS(=O)(=O)Nc1ccc2c(c1)C(=O)N(C)C[C@@H](OC)[C@H](C)CN(Cc1cccnc1)[C@H](C)CO2. The van der Waals surface area contributed by atoms with E-state index in [4.69, 9.17) is 9.47 Å². The number of rotatable bonds is 6. The van der Waals surface area contributed by atoms with Crippen molar-refractivity contribution < 1.29 is 22.7 Å². The molecule has 2 heterocycles. The minimum absolute atomic E-state index is 0.0357. The van der Waals surface area contributed by atoms with Crippen LogP contribution in [0.25, 0.3) is 0 Å². The first kappa shape index (κ1) is 26.9. The van der Waals surface area contributed by atoms with E-state index < -0.39 is 10.0 Å². The smallest absolute Gasteiger partial charge is 0.257 e. The molecule has 0 saturated heterocycles. The Labute approximate surface area is 208 Å². The third-order valence-electron chi connectivity index (χ3n) is 6.34. The number of benzene rings is 1. The zero-order valence-corrected chi connectivity index (χ0v) is 21.9. The highest BCUT2D eigenvalue weighted by molar-refractivity contribution is 7.92. The lowest BCUT2D eigenvalue weighted by Crippen LogP contribution is -2.46. The van der Waals surface area contributed by atoms with Crippen LogP contribution in [-0.2, 0) is 21.3 Å². The number of nitrogens with one attached hydrogen (secondary N) is 1. The second kappa shape index (κ2) is 11.8. The number of aromatic nitrogens is 1. The molecule has 0 saturated carbocycles. The Morgan fingerprint density at radius 2 is 2.00 bits per heavy atom. The van der Waals surface area contributed by atoms with Crippen molar-refractivity contribution in [1.29, 1.82) is 0 Å². The molecule has 0 radical (unpaired) electrons. The molecule has 10 heteroatoms. The fourth-order valence-electron chi connectivity index (χ4n) is 4.11. The number of nitrogens with zero attached hydrogens (tertiary/aromatic N) is 3. The molecule has 0 fully saturated rings. The Morgan fingerprint density at radius 1 is 1.23 bits per heavy atom. The third-order valence-corrected chi connectivity index (χ3v) is 7.64. The molecule has 0 unspecified atom stereocenters. The Balaban J connectivity index is 1.95. The van der Waals surface area contributed by atoms with E-state index in [9.17, 15) is 13.2 Å². The maximum Gasteiger partial charge on any atom is 0.257 e. The number of amides is 1. The van der Waals surface area contributed by atoms with Gasteiger partial charge in [0, 0.05) is 57.9 Å². The highest BCUT2D eigenvalue weighted by Crippen LogP contribution is 2.27. The van der Waals surface area contributed by atoms with Gasteiger partial charge in [-0.15, -0.1) is 0 Å². The molecule has 3 rings (SSSR count). The van der Waals surface area contributed by atoms with Gasteiger partial charge in [0.2, 0.25) is 10.0 Å². The number of hydrogen-bond acceptors (Lipinski definition) is 7. The van der Waals surface area contributed by atoms with Crippen LogP contribution in [0.2, 0.25) is 0 Å². The van der Waals surface area contributed by atoms with Crippen molar-refractivity contribution in [2.45, 2.75) is 39.5 Å². The monoisotopic (exact) mass is 504 g/mol. The van der Waals surface area contributed by atoms with Crippen molar-refractivity contribution >= 4 is 21.6 Å². The topological polar surface area (TPSA) is 101 Å². The predicted octanol–water partition coefficient (Wildman–Crippen LogP) is 2.85. The summed E-state index contributed by atoms with van der Waals surface area (Å²) in [6.07, 6.45) is 3.44. The van der Waals surface area contributed by atoms with E-state index >= 15 is 0 Å². The molecule has 0 spiro atoms. The summed E-state index contributed by atoms with van der Waals surface area (Å²) >= 11 is 0. The van der Waals surface area contributed by atoms with Gasteiger partial charge in [-0.05, 0) is 49.6 Å². The molecule has 3 atom stereocenters. The van der Waals surface area contributed by atoms with Gasteiger partial charge < -0.3 is 14.4 Å². The summed E-state index contributed by atoms with van der Waals surface area (Å²) in [6.45, 7) is 7.97. The number of anilines is 1. The highest BCUT2D eigenvalue weighted by atomic mass is 32.2. The van der Waals surface area contributed by atoms with Crippen LogP contribution < -0.4 is 9.46 Å². The van der Waals surface area contributed by atoms with Crippen molar-refractivity contribution in [3.63, 3.8) is 0 Å². The Morgan fingerprint density at radius 3 is 2.66 bits per heavy atom. The van der Waals surface area contributed by atoms with Gasteiger partial charge in [0.25, 0.3) is 5.91 Å². The van der Waals surface area contributed by atoms with Crippen LogP contribution >= 0.6 is 0 Å². The quantitative estimate of drug-likeness (QED) is 0.646. The fourth-order valence-corrected chi connectivity index (χ4v) is 4.74. The third kappa shape index (κ3) is 7.16. The van der Waals surface area contributed by atoms with Crippen LogP contribution in [0.5, 0.6) is 5.75 Å². The number of sulfonamides is 1. The summed E-state index contributed by atoms with van der Waals surface area (Å²) in [5.41, 5.74) is 1.73. The summed E-state index contributed by atoms with van der Waals surface area (Å²) in [4.78, 5) is 21.6. The number of pyridine rings is 1. The molecular weight excluding hydrogens is 468 g/mol. The van der Waals surface area contributed by atoms with Crippen molar-refractivity contribution in [3.05, 3.63) is 53.9 Å². The minimum atomic E-state index is -3.48. The number of carbonyl (C=O) groups excluding carboxylic acids is 1. The molecule has 1 N–H and O–H groups in total. The first-order chi connectivity index (χ1) is 16.6. The van der Waals surface area contributed by atoms with Crippen LogP contribution in [0, 0.1) is 5.92 Å². The number of hydrogen-bond donors (Lipinski definition) is 1. The van der Waals surface area contributed by atoms with E-state index in [1.165, 1.54) is 6.07 Å². The van der Waals surface area contributed by atoms with E-state index in [0.29, 0.717) is 36.7 Å². The summed E-state index contributed by atoms with van der Waals surface area (Å²) in [7, 11) is -0.104. The van der Waals surface area contributed by atoms with Crippen molar-refractivity contribution in [3.8, 4) is 5.75 Å². The molecule has 1 aliphatic rings. The summed E-state index contributed by atoms with van der Waals surface area (Å²) in [5.74, 6) is 0.229. The van der Waals surface area contributed by atoms with E-state index in [1.807, 2.05) is 12.3 Å². The van der Waals surface area contributed by atoms with Gasteiger partial charge in [-0.25, -0.2) is 8.42 Å². The van der Waals surface area contributed by atoms with E-state index in [1.54, 1.807) is 44.3 Å². The van der Waals surface area contributed by atoms with Gasteiger partial charge >= 0.3 is 0 Å². The largest absolute Gasteiger partial charge is 0.491 e. The van der Waals surface area contributed by atoms with Gasteiger partial charge in [0.05, 0.1) is 17.4 Å². The molecule has 1 aromatic heterocycles. The number of methoxy groups -OCH3 is 1.